The Labute approximate surface area is 300 Å². The summed E-state index contributed by atoms with van der Waals surface area (Å²) in [5.74, 6) is 1.34. The molecule has 1 aliphatic carbocycles. The van der Waals surface area contributed by atoms with E-state index in [2.05, 4.69) is 48.8 Å². The van der Waals surface area contributed by atoms with Crippen LogP contribution in [0.2, 0.25) is 18.1 Å². The zero-order valence-corrected chi connectivity index (χ0v) is 32.9. The minimum absolute atomic E-state index is 0.00638. The summed E-state index contributed by atoms with van der Waals surface area (Å²) in [5.41, 5.74) is 2.37. The second-order valence-electron chi connectivity index (χ2n) is 15.1. The third-order valence-corrected chi connectivity index (χ3v) is 17.7. The Hall–Kier alpha value is -3.21. The number of fused-ring (bicyclic) bond motifs is 1. The lowest BCUT2D eigenvalue weighted by Crippen LogP contribution is -2.52. The number of nitrogens with one attached hydrogen (secondary N) is 2. The highest BCUT2D eigenvalue weighted by molar-refractivity contribution is 7.89. The minimum Gasteiger partial charge on any atom is -0.416 e. The number of nitrogens with zero attached hydrogens (tertiary/aromatic N) is 5. The van der Waals surface area contributed by atoms with Gasteiger partial charge in [0.1, 0.15) is 11.6 Å². The minimum atomic E-state index is -3.91. The topological polar surface area (TPSA) is 137 Å². The number of anilines is 3. The molecular formula is C35H49N7O5S2Si. The van der Waals surface area contributed by atoms with E-state index in [1.54, 1.807) is 15.9 Å². The van der Waals surface area contributed by atoms with Gasteiger partial charge in [0.25, 0.3) is 5.91 Å². The number of hydrogen-bond donors (Lipinski definition) is 2. The van der Waals surface area contributed by atoms with Gasteiger partial charge >= 0.3 is 0 Å². The fourth-order valence-electron chi connectivity index (χ4n) is 6.33. The highest BCUT2D eigenvalue weighted by atomic mass is 32.2. The molecule has 1 unspecified atom stereocenters. The Kier molecular flexibility index (Phi) is 10.0. The Morgan fingerprint density at radius 3 is 2.50 bits per heavy atom. The van der Waals surface area contributed by atoms with Crippen molar-refractivity contribution in [3.63, 3.8) is 0 Å². The molecule has 1 atom stereocenters. The summed E-state index contributed by atoms with van der Waals surface area (Å²) in [6.45, 7) is 18.4. The molecule has 3 aliphatic rings. The van der Waals surface area contributed by atoms with Gasteiger partial charge in [0, 0.05) is 38.8 Å². The Morgan fingerprint density at radius 2 is 1.84 bits per heavy atom. The molecule has 6 rings (SSSR count). The predicted octanol–water partition coefficient (Wildman–Crippen LogP) is 5.59. The summed E-state index contributed by atoms with van der Waals surface area (Å²) in [5, 5.41) is 4.02. The lowest BCUT2D eigenvalue weighted by molar-refractivity contribution is -0.121. The van der Waals surface area contributed by atoms with Gasteiger partial charge in [0.05, 0.1) is 27.6 Å². The number of carbonyl (C=O) groups excluding carboxylic acids is 2. The van der Waals surface area contributed by atoms with Crippen molar-refractivity contribution in [3.8, 4) is 10.4 Å². The van der Waals surface area contributed by atoms with Crippen molar-refractivity contribution in [1.29, 1.82) is 0 Å². The molecule has 50 heavy (non-hydrogen) atoms. The second-order valence-corrected chi connectivity index (χ2v) is 22.8. The molecule has 270 valence electrons. The Bertz CT molecular complexity index is 1900. The summed E-state index contributed by atoms with van der Waals surface area (Å²) in [7, 11) is -4.40. The summed E-state index contributed by atoms with van der Waals surface area (Å²) in [4.78, 5) is 42.7. The first-order valence-corrected chi connectivity index (χ1v) is 22.5. The van der Waals surface area contributed by atoms with Crippen molar-refractivity contribution in [2.24, 2.45) is 5.92 Å². The summed E-state index contributed by atoms with van der Waals surface area (Å²) in [6.07, 6.45) is 2.17. The van der Waals surface area contributed by atoms with E-state index in [1.165, 1.54) is 18.4 Å². The van der Waals surface area contributed by atoms with E-state index >= 15 is 0 Å². The van der Waals surface area contributed by atoms with Gasteiger partial charge in [-0.3, -0.25) is 19.4 Å². The van der Waals surface area contributed by atoms with Crippen molar-refractivity contribution in [1.82, 2.24) is 24.5 Å². The van der Waals surface area contributed by atoms with E-state index in [0.717, 1.165) is 30.0 Å². The van der Waals surface area contributed by atoms with Gasteiger partial charge in [-0.05, 0) is 93.2 Å². The smallest absolute Gasteiger partial charge is 0.256 e. The van der Waals surface area contributed by atoms with Gasteiger partial charge in [-0.25, -0.2) is 23.1 Å². The first kappa shape index (κ1) is 36.6. The first-order chi connectivity index (χ1) is 23.5. The van der Waals surface area contributed by atoms with Gasteiger partial charge in [-0.1, -0.05) is 38.2 Å². The maximum Gasteiger partial charge on any atom is 0.256 e. The number of carbonyl (C=O) groups is 2. The quantitative estimate of drug-likeness (QED) is 0.228. The van der Waals surface area contributed by atoms with Gasteiger partial charge < -0.3 is 14.6 Å². The molecular weight excluding hydrogens is 691 g/mol. The third kappa shape index (κ3) is 7.39. The number of pyridine rings is 1. The largest absolute Gasteiger partial charge is 0.416 e. The molecule has 2 aromatic heterocycles. The second kappa shape index (κ2) is 13.7. The van der Waals surface area contributed by atoms with E-state index < -0.39 is 18.3 Å². The molecule has 2 aliphatic heterocycles. The number of piperazine rings is 1. The zero-order valence-electron chi connectivity index (χ0n) is 30.3. The van der Waals surface area contributed by atoms with E-state index in [1.807, 2.05) is 38.1 Å². The molecule has 2 fully saturated rings. The summed E-state index contributed by atoms with van der Waals surface area (Å²) in [6, 6.07) is 9.09. The van der Waals surface area contributed by atoms with Crippen molar-refractivity contribution < 1.29 is 22.4 Å². The van der Waals surface area contributed by atoms with Gasteiger partial charge in [-0.15, -0.1) is 0 Å². The molecule has 1 saturated carbocycles. The average Bonchev–Trinajstić information content (AvgIpc) is 3.77. The first-order valence-electron chi connectivity index (χ1n) is 17.3. The summed E-state index contributed by atoms with van der Waals surface area (Å²) >= 11 is 1.38. The number of rotatable bonds is 12. The van der Waals surface area contributed by atoms with Crippen LogP contribution >= 0.6 is 11.3 Å². The highest BCUT2D eigenvalue weighted by Gasteiger charge is 2.41. The van der Waals surface area contributed by atoms with Crippen molar-refractivity contribution in [3.05, 3.63) is 47.2 Å². The van der Waals surface area contributed by atoms with E-state index in [0.29, 0.717) is 66.6 Å². The SMILES string of the molecule is CNS(=O)(=O)c1cc(-c2sc(Nc3cccc(N4CCN(CCO[Si](C)(C)C(C)(C)C)CC4=O)n3)nc2C)cc2c1C(=O)N(C(C)C1CC1)C2. The zero-order chi connectivity index (χ0) is 36.2. The van der Waals surface area contributed by atoms with E-state index in [-0.39, 0.29) is 33.4 Å². The maximum atomic E-state index is 13.5. The number of sulfonamides is 1. The van der Waals surface area contributed by atoms with Crippen molar-refractivity contribution in [2.75, 3.05) is 50.1 Å². The molecule has 0 bridgehead atoms. The number of amides is 2. The number of thiazole rings is 1. The third-order valence-electron chi connectivity index (χ3n) is 10.6. The van der Waals surface area contributed by atoms with Crippen LogP contribution in [0, 0.1) is 12.8 Å². The number of aromatic nitrogens is 2. The molecule has 3 aromatic rings. The Morgan fingerprint density at radius 1 is 1.10 bits per heavy atom. The molecule has 0 spiro atoms. The summed E-state index contributed by atoms with van der Waals surface area (Å²) < 4.78 is 35.2. The number of benzene rings is 1. The molecule has 2 N–H and O–H groups in total. The monoisotopic (exact) mass is 739 g/mol. The van der Waals surface area contributed by atoms with Crippen LogP contribution in [-0.4, -0.2) is 94.2 Å². The van der Waals surface area contributed by atoms with Crippen LogP contribution in [0.25, 0.3) is 10.4 Å². The lowest BCUT2D eigenvalue weighted by Gasteiger charge is -2.38. The average molecular weight is 740 g/mol. The molecule has 4 heterocycles. The van der Waals surface area contributed by atoms with Crippen LogP contribution in [0.1, 0.15) is 62.2 Å². The van der Waals surface area contributed by atoms with Gasteiger partial charge in [-0.2, -0.15) is 0 Å². The van der Waals surface area contributed by atoms with Gasteiger partial charge in [0.2, 0.25) is 15.9 Å². The molecule has 2 amide bonds. The van der Waals surface area contributed by atoms with E-state index in [4.69, 9.17) is 14.4 Å². The Balaban J connectivity index is 1.16. The van der Waals surface area contributed by atoms with Crippen LogP contribution in [0.3, 0.4) is 0 Å². The van der Waals surface area contributed by atoms with Gasteiger partial charge in [0.15, 0.2) is 13.4 Å². The fourth-order valence-corrected chi connectivity index (χ4v) is 9.31. The van der Waals surface area contributed by atoms with Crippen LogP contribution in [0.5, 0.6) is 0 Å². The molecule has 1 saturated heterocycles. The molecule has 12 nitrogen and oxygen atoms in total. The van der Waals surface area contributed by atoms with Crippen molar-refractivity contribution >= 4 is 58.3 Å². The number of hydrogen-bond acceptors (Lipinski definition) is 10. The predicted molar refractivity (Wildman–Crippen MR) is 200 cm³/mol. The van der Waals surface area contributed by atoms with Crippen LogP contribution < -0.4 is 14.9 Å². The van der Waals surface area contributed by atoms with Crippen LogP contribution in [-0.2, 0) is 25.8 Å². The maximum absolute atomic E-state index is 13.5. The molecule has 15 heteroatoms. The van der Waals surface area contributed by atoms with Crippen LogP contribution in [0.15, 0.2) is 35.2 Å². The highest BCUT2D eigenvalue weighted by Crippen LogP contribution is 2.42. The van der Waals surface area contributed by atoms with Crippen LogP contribution in [0.4, 0.5) is 16.8 Å². The fraction of sp³-hybridized carbons (Fsp3) is 0.543. The molecule has 1 aromatic carbocycles. The standard InChI is InChI=1S/C35H49N7O5S2Si/c1-22-32(25-18-26-20-42(23(2)24-12-13-24)33(44)31(26)27(19-25)49(45,46)36-6)48-34(37-22)39-28-10-9-11-29(38-28)41-15-14-40(21-30(41)43)16-17-47-50(7,8)35(3,4)5/h9-11,18-19,23-24,36H,12-17,20-21H2,1-8H3,(H,37,38,39). The lowest BCUT2D eigenvalue weighted by atomic mass is 10.0. The normalized spacial score (nSPS) is 18.2. The van der Waals surface area contributed by atoms with E-state index in [9.17, 15) is 18.0 Å². The molecule has 0 radical (unpaired) electrons. The number of aryl methyl sites for hydroxylation is 1. The van der Waals surface area contributed by atoms with Crippen molar-refractivity contribution in [2.45, 2.75) is 83.1 Å².